The smallest absolute Gasteiger partial charge is 0.237 e. The molecular weight excluding hydrogens is 440 g/mol. The average molecular weight is 471 g/mol. The quantitative estimate of drug-likeness (QED) is 0.565. The van der Waals surface area contributed by atoms with Gasteiger partial charge in [0.05, 0.1) is 24.9 Å². The Morgan fingerprint density at radius 1 is 1.03 bits per heavy atom. The lowest BCUT2D eigenvalue weighted by atomic mass is 10.1. The number of carbonyl (C=O) groups is 1. The minimum absolute atomic E-state index is 0.102. The molecular formula is C27H30N6O2. The first-order chi connectivity index (χ1) is 17.2. The summed E-state index contributed by atoms with van der Waals surface area (Å²) in [4.78, 5) is 27.2. The van der Waals surface area contributed by atoms with Crippen LogP contribution in [0.2, 0.25) is 0 Å². The van der Waals surface area contributed by atoms with Crippen molar-refractivity contribution in [3.8, 4) is 11.3 Å². The van der Waals surface area contributed by atoms with Crippen LogP contribution in [0.25, 0.3) is 11.3 Å². The Hall–Kier alpha value is -3.49. The SMILES string of the molecule is O=C1NCc2cc(ccc2N2CCOCC2)Nc2nccc(n2)-c2cccc(c2)CN2CCC[C@@H]12. The number of anilines is 3. The van der Waals surface area contributed by atoms with Crippen molar-refractivity contribution in [2.75, 3.05) is 43.1 Å². The zero-order valence-electron chi connectivity index (χ0n) is 19.7. The number of carbonyl (C=O) groups excluding carboxylic acids is 1. The zero-order valence-corrected chi connectivity index (χ0v) is 19.7. The molecule has 0 radical (unpaired) electrons. The van der Waals surface area contributed by atoms with Crippen molar-refractivity contribution < 1.29 is 9.53 Å². The molecule has 3 aliphatic heterocycles. The third-order valence-electron chi connectivity index (χ3n) is 7.07. The molecule has 180 valence electrons. The van der Waals surface area contributed by atoms with Crippen LogP contribution >= 0.6 is 0 Å². The van der Waals surface area contributed by atoms with Crippen LogP contribution in [0.4, 0.5) is 17.3 Å². The highest BCUT2D eigenvalue weighted by Gasteiger charge is 2.31. The highest BCUT2D eigenvalue weighted by atomic mass is 16.5. The van der Waals surface area contributed by atoms with E-state index >= 15 is 0 Å². The average Bonchev–Trinajstić information content (AvgIpc) is 3.36. The van der Waals surface area contributed by atoms with E-state index < -0.39 is 0 Å². The predicted octanol–water partition coefficient (Wildman–Crippen LogP) is 3.32. The van der Waals surface area contributed by atoms with E-state index in [4.69, 9.17) is 9.72 Å². The first-order valence-corrected chi connectivity index (χ1v) is 12.4. The van der Waals surface area contributed by atoms with E-state index in [0.29, 0.717) is 25.7 Å². The maximum Gasteiger partial charge on any atom is 0.237 e. The predicted molar refractivity (Wildman–Crippen MR) is 136 cm³/mol. The summed E-state index contributed by atoms with van der Waals surface area (Å²) in [7, 11) is 0. The topological polar surface area (TPSA) is 82.6 Å². The molecule has 1 amide bonds. The van der Waals surface area contributed by atoms with Gasteiger partial charge in [0, 0.05) is 49.3 Å². The first kappa shape index (κ1) is 22.0. The Morgan fingerprint density at radius 2 is 1.94 bits per heavy atom. The number of aromatic nitrogens is 2. The third-order valence-corrected chi connectivity index (χ3v) is 7.07. The highest BCUT2D eigenvalue weighted by Crippen LogP contribution is 2.29. The monoisotopic (exact) mass is 470 g/mol. The molecule has 0 spiro atoms. The minimum Gasteiger partial charge on any atom is -0.378 e. The molecule has 2 N–H and O–H groups in total. The fourth-order valence-electron chi connectivity index (χ4n) is 5.30. The van der Waals surface area contributed by atoms with Gasteiger partial charge in [-0.25, -0.2) is 9.97 Å². The van der Waals surface area contributed by atoms with E-state index in [2.05, 4.69) is 67.9 Å². The second-order valence-corrected chi connectivity index (χ2v) is 9.38. The molecule has 1 atom stereocenters. The fraction of sp³-hybridized carbons (Fsp3) is 0.370. The molecule has 2 fully saturated rings. The van der Waals surface area contributed by atoms with Crippen molar-refractivity contribution in [1.82, 2.24) is 20.2 Å². The Bertz CT molecular complexity index is 1230. The van der Waals surface area contributed by atoms with Crippen LogP contribution in [-0.4, -0.2) is 59.7 Å². The first-order valence-electron chi connectivity index (χ1n) is 12.4. The van der Waals surface area contributed by atoms with E-state index in [1.165, 1.54) is 5.56 Å². The van der Waals surface area contributed by atoms with Crippen LogP contribution in [0.15, 0.2) is 54.7 Å². The molecule has 0 aliphatic carbocycles. The third kappa shape index (κ3) is 4.72. The Labute approximate surface area is 205 Å². The largest absolute Gasteiger partial charge is 0.378 e. The molecule has 3 aliphatic rings. The molecule has 6 bridgehead atoms. The molecule has 35 heavy (non-hydrogen) atoms. The molecule has 0 unspecified atom stereocenters. The zero-order chi connectivity index (χ0) is 23.6. The summed E-state index contributed by atoms with van der Waals surface area (Å²) in [5.74, 6) is 0.652. The number of ether oxygens (including phenoxy) is 1. The van der Waals surface area contributed by atoms with Gasteiger partial charge < -0.3 is 20.3 Å². The van der Waals surface area contributed by atoms with Gasteiger partial charge >= 0.3 is 0 Å². The van der Waals surface area contributed by atoms with Crippen molar-refractivity contribution >= 4 is 23.2 Å². The Kier molecular flexibility index (Phi) is 6.06. The van der Waals surface area contributed by atoms with Gasteiger partial charge in [-0.3, -0.25) is 9.69 Å². The summed E-state index contributed by atoms with van der Waals surface area (Å²) >= 11 is 0. The standard InChI is InChI=1S/C27H30N6O2/c34-26-25-5-2-10-33(25)18-19-3-1-4-20(15-19)23-8-9-28-27(31-23)30-22-6-7-24(21(16-22)17-29-26)32-11-13-35-14-12-32/h1,3-4,6-9,15-16,25H,2,5,10-14,17-18H2,(H,29,34)(H,28,30,31)/t25-/m0/s1. The number of hydrogen-bond acceptors (Lipinski definition) is 7. The molecule has 0 saturated carbocycles. The summed E-state index contributed by atoms with van der Waals surface area (Å²) in [6.07, 6.45) is 3.71. The minimum atomic E-state index is -0.106. The van der Waals surface area contributed by atoms with Gasteiger partial charge in [0.15, 0.2) is 0 Å². The van der Waals surface area contributed by atoms with Crippen LogP contribution in [0, 0.1) is 0 Å². The summed E-state index contributed by atoms with van der Waals surface area (Å²) in [6.45, 7) is 5.25. The van der Waals surface area contributed by atoms with E-state index in [-0.39, 0.29) is 11.9 Å². The summed E-state index contributed by atoms with van der Waals surface area (Å²) in [5, 5.41) is 6.60. The molecule has 2 saturated heterocycles. The van der Waals surface area contributed by atoms with E-state index in [9.17, 15) is 4.79 Å². The Balaban J connectivity index is 1.40. The van der Waals surface area contributed by atoms with Gasteiger partial charge in [0.1, 0.15) is 0 Å². The van der Waals surface area contributed by atoms with E-state index in [0.717, 1.165) is 67.2 Å². The van der Waals surface area contributed by atoms with Gasteiger partial charge in [0.2, 0.25) is 11.9 Å². The number of amides is 1. The molecule has 3 aromatic rings. The lowest BCUT2D eigenvalue weighted by molar-refractivity contribution is -0.125. The lowest BCUT2D eigenvalue weighted by Crippen LogP contribution is -2.43. The highest BCUT2D eigenvalue weighted by molar-refractivity contribution is 5.82. The number of rotatable bonds is 1. The molecule has 4 heterocycles. The number of morpholine rings is 1. The van der Waals surface area contributed by atoms with Gasteiger partial charge in [-0.2, -0.15) is 0 Å². The second-order valence-electron chi connectivity index (χ2n) is 9.38. The van der Waals surface area contributed by atoms with Crippen LogP contribution in [0.3, 0.4) is 0 Å². The van der Waals surface area contributed by atoms with Crippen LogP contribution in [0.1, 0.15) is 24.0 Å². The van der Waals surface area contributed by atoms with Crippen LogP contribution in [-0.2, 0) is 22.6 Å². The molecule has 2 aromatic carbocycles. The van der Waals surface area contributed by atoms with Crippen molar-refractivity contribution in [3.05, 3.63) is 65.9 Å². The van der Waals surface area contributed by atoms with Crippen molar-refractivity contribution in [1.29, 1.82) is 0 Å². The Morgan fingerprint density at radius 3 is 2.86 bits per heavy atom. The van der Waals surface area contributed by atoms with Crippen molar-refractivity contribution in [2.45, 2.75) is 32.0 Å². The molecule has 1 aromatic heterocycles. The fourth-order valence-corrected chi connectivity index (χ4v) is 5.30. The molecule has 8 nitrogen and oxygen atoms in total. The van der Waals surface area contributed by atoms with Crippen molar-refractivity contribution in [3.63, 3.8) is 0 Å². The van der Waals surface area contributed by atoms with Crippen LogP contribution in [0.5, 0.6) is 0 Å². The normalized spacial score (nSPS) is 20.6. The summed E-state index contributed by atoms with van der Waals surface area (Å²) < 4.78 is 5.55. The van der Waals surface area contributed by atoms with E-state index in [1.54, 1.807) is 6.20 Å². The van der Waals surface area contributed by atoms with Gasteiger partial charge in [0.25, 0.3) is 0 Å². The van der Waals surface area contributed by atoms with E-state index in [1.807, 2.05) is 6.07 Å². The number of nitrogens with one attached hydrogen (secondary N) is 2. The van der Waals surface area contributed by atoms with Gasteiger partial charge in [-0.15, -0.1) is 0 Å². The lowest BCUT2D eigenvalue weighted by Gasteiger charge is -2.31. The molecule has 8 heteroatoms. The number of nitrogens with zero attached hydrogens (tertiary/aromatic N) is 4. The van der Waals surface area contributed by atoms with Crippen LogP contribution < -0.4 is 15.5 Å². The summed E-state index contributed by atoms with van der Waals surface area (Å²) in [6, 6.07) is 16.5. The number of hydrogen-bond donors (Lipinski definition) is 2. The maximum absolute atomic E-state index is 13.3. The van der Waals surface area contributed by atoms with Gasteiger partial charge in [-0.1, -0.05) is 18.2 Å². The van der Waals surface area contributed by atoms with Crippen molar-refractivity contribution in [2.24, 2.45) is 0 Å². The van der Waals surface area contributed by atoms with Gasteiger partial charge in [-0.05, 0) is 60.8 Å². The molecule has 6 rings (SSSR count). The summed E-state index contributed by atoms with van der Waals surface area (Å²) in [5.41, 5.74) is 6.20. The second kappa shape index (κ2) is 9.64. The maximum atomic E-state index is 13.3. The number of benzene rings is 2. The number of fused-ring (bicyclic) bond motifs is 8.